The lowest BCUT2D eigenvalue weighted by atomic mass is 9.94. The van der Waals surface area contributed by atoms with Crippen LogP contribution in [-0.2, 0) is 0 Å². The molecule has 1 unspecified atom stereocenters. The summed E-state index contributed by atoms with van der Waals surface area (Å²) in [6, 6.07) is 0. The molecule has 0 amide bonds. The van der Waals surface area contributed by atoms with E-state index < -0.39 is 12.6 Å². The van der Waals surface area contributed by atoms with Crippen LogP contribution in [0.25, 0.3) is 0 Å². The zero-order chi connectivity index (χ0) is 14.4. The first kappa shape index (κ1) is 16.5. The van der Waals surface area contributed by atoms with E-state index >= 15 is 0 Å². The molecule has 112 valence electrons. The Labute approximate surface area is 113 Å². The Morgan fingerprint density at radius 3 is 2.58 bits per heavy atom. The number of hydrogen-bond acceptors (Lipinski definition) is 2. The summed E-state index contributed by atoms with van der Waals surface area (Å²) in [5.41, 5.74) is 6.77. The molecule has 2 nitrogen and oxygen atoms in total. The van der Waals surface area contributed by atoms with Gasteiger partial charge >= 0.3 is 6.18 Å². The third-order valence-corrected chi connectivity index (χ3v) is 3.77. The Balaban J connectivity index is 2.25. The molecule has 0 aromatic heterocycles. The zero-order valence-electron chi connectivity index (χ0n) is 11.7. The molecule has 0 aliphatic heterocycles. The summed E-state index contributed by atoms with van der Waals surface area (Å²) < 4.78 is 36.4. The molecule has 0 saturated heterocycles. The predicted molar refractivity (Wildman–Crippen MR) is 71.9 cm³/mol. The molecule has 19 heavy (non-hydrogen) atoms. The van der Waals surface area contributed by atoms with Crippen LogP contribution in [0.5, 0.6) is 0 Å². The summed E-state index contributed by atoms with van der Waals surface area (Å²) in [7, 11) is 0. The van der Waals surface area contributed by atoms with Gasteiger partial charge in [0, 0.05) is 18.5 Å². The molecule has 1 rings (SSSR count). The van der Waals surface area contributed by atoms with Crippen LogP contribution in [0.3, 0.4) is 0 Å². The van der Waals surface area contributed by atoms with Crippen molar-refractivity contribution >= 4 is 0 Å². The maximum absolute atomic E-state index is 12.1. The van der Waals surface area contributed by atoms with Gasteiger partial charge in [-0.3, -0.25) is 0 Å². The zero-order valence-corrected chi connectivity index (χ0v) is 11.7. The average Bonchev–Trinajstić information content (AvgIpc) is 2.80. The molecule has 0 fully saturated rings. The molecule has 3 N–H and O–H groups in total. The van der Waals surface area contributed by atoms with Crippen molar-refractivity contribution in [3.63, 3.8) is 0 Å². The number of halogens is 3. The summed E-state index contributed by atoms with van der Waals surface area (Å²) in [6.45, 7) is 3.07. The Hall–Kier alpha value is -0.550. The topological polar surface area (TPSA) is 38.0 Å². The molecule has 0 bridgehead atoms. The van der Waals surface area contributed by atoms with E-state index in [1.165, 1.54) is 12.0 Å². The van der Waals surface area contributed by atoms with Crippen molar-refractivity contribution in [2.75, 3.05) is 13.1 Å². The smallest absolute Gasteiger partial charge is 0.329 e. The fourth-order valence-corrected chi connectivity index (χ4v) is 2.43. The second-order valence-corrected chi connectivity index (χ2v) is 5.66. The van der Waals surface area contributed by atoms with Crippen LogP contribution in [0.2, 0.25) is 0 Å². The number of nitrogens with two attached hydrogens (primary N) is 1. The molecule has 5 heteroatoms. The lowest BCUT2D eigenvalue weighted by Gasteiger charge is -2.30. The molecule has 0 spiro atoms. The Morgan fingerprint density at radius 1 is 1.32 bits per heavy atom. The first-order valence-electron chi connectivity index (χ1n) is 7.04. The first-order valence-corrected chi connectivity index (χ1v) is 7.04. The van der Waals surface area contributed by atoms with Gasteiger partial charge in [-0.2, -0.15) is 13.2 Å². The van der Waals surface area contributed by atoms with Crippen LogP contribution in [0, 0.1) is 0 Å². The molecule has 1 aliphatic rings. The third-order valence-electron chi connectivity index (χ3n) is 3.77. The van der Waals surface area contributed by atoms with Crippen LogP contribution < -0.4 is 11.1 Å². The molecule has 0 aromatic carbocycles. The van der Waals surface area contributed by atoms with Crippen molar-refractivity contribution < 1.29 is 13.2 Å². The van der Waals surface area contributed by atoms with Gasteiger partial charge in [-0.25, -0.2) is 0 Å². The van der Waals surface area contributed by atoms with E-state index in [9.17, 15) is 13.2 Å². The van der Waals surface area contributed by atoms with Crippen molar-refractivity contribution in [1.82, 2.24) is 5.32 Å². The second-order valence-electron chi connectivity index (χ2n) is 5.66. The average molecular weight is 278 g/mol. The normalized spacial score (nSPS) is 19.3. The van der Waals surface area contributed by atoms with Crippen molar-refractivity contribution in [3.8, 4) is 0 Å². The van der Waals surface area contributed by atoms with E-state index in [4.69, 9.17) is 5.73 Å². The van der Waals surface area contributed by atoms with Gasteiger partial charge in [0.05, 0.1) is 0 Å². The minimum atomic E-state index is -4.07. The quantitative estimate of drug-likeness (QED) is 0.667. The fraction of sp³-hybridized carbons (Fsp3) is 0.857. The molecule has 1 aliphatic carbocycles. The van der Waals surface area contributed by atoms with Crippen LogP contribution in [0.15, 0.2) is 11.6 Å². The minimum absolute atomic E-state index is 0.132. The van der Waals surface area contributed by atoms with Gasteiger partial charge < -0.3 is 11.1 Å². The third kappa shape index (κ3) is 6.97. The van der Waals surface area contributed by atoms with E-state index in [0.717, 1.165) is 25.8 Å². The van der Waals surface area contributed by atoms with Crippen LogP contribution in [0.1, 0.15) is 51.9 Å². The highest BCUT2D eigenvalue weighted by molar-refractivity contribution is 5.07. The molecular weight excluding hydrogens is 253 g/mol. The highest BCUT2D eigenvalue weighted by atomic mass is 19.4. The predicted octanol–water partition coefficient (Wildman–Crippen LogP) is 3.53. The molecule has 0 aromatic rings. The van der Waals surface area contributed by atoms with Gasteiger partial charge in [-0.05, 0) is 52.0 Å². The van der Waals surface area contributed by atoms with Crippen LogP contribution >= 0.6 is 0 Å². The number of nitrogens with one attached hydrogen (secondary N) is 1. The summed E-state index contributed by atoms with van der Waals surface area (Å²) >= 11 is 0. The van der Waals surface area contributed by atoms with Gasteiger partial charge in [0.25, 0.3) is 0 Å². The van der Waals surface area contributed by atoms with Gasteiger partial charge in [0.15, 0.2) is 0 Å². The standard InChI is InChI=1S/C14H25F3N2/c1-13(11-18,8-4-9-14(15,16)17)19-10-7-12-5-2-3-6-12/h5,19H,2-4,6-11,18H2,1H3. The van der Waals surface area contributed by atoms with E-state index in [-0.39, 0.29) is 12.0 Å². The Kier molecular flexibility index (Phi) is 6.33. The molecule has 0 radical (unpaired) electrons. The second kappa shape index (κ2) is 7.29. The van der Waals surface area contributed by atoms with Gasteiger partial charge in [-0.15, -0.1) is 0 Å². The number of alkyl halides is 3. The molecule has 0 heterocycles. The van der Waals surface area contributed by atoms with Gasteiger partial charge in [0.1, 0.15) is 0 Å². The van der Waals surface area contributed by atoms with E-state index in [2.05, 4.69) is 11.4 Å². The van der Waals surface area contributed by atoms with E-state index in [0.29, 0.717) is 13.0 Å². The summed E-state index contributed by atoms with van der Waals surface area (Å²) in [4.78, 5) is 0. The minimum Gasteiger partial charge on any atom is -0.329 e. The lowest BCUT2D eigenvalue weighted by molar-refractivity contribution is -0.136. The van der Waals surface area contributed by atoms with Gasteiger partial charge in [0.2, 0.25) is 0 Å². The Bertz CT molecular complexity index is 300. The number of hydrogen-bond donors (Lipinski definition) is 2. The Morgan fingerprint density at radius 2 is 2.05 bits per heavy atom. The van der Waals surface area contributed by atoms with Crippen molar-refractivity contribution in [2.24, 2.45) is 5.73 Å². The highest BCUT2D eigenvalue weighted by Crippen LogP contribution is 2.25. The fourth-order valence-electron chi connectivity index (χ4n) is 2.43. The molecule has 0 saturated carbocycles. The number of allylic oxidation sites excluding steroid dienone is 1. The number of rotatable bonds is 8. The maximum Gasteiger partial charge on any atom is 0.389 e. The summed E-state index contributed by atoms with van der Waals surface area (Å²) in [6.07, 6.45) is 2.60. The van der Waals surface area contributed by atoms with Crippen LogP contribution in [-0.4, -0.2) is 24.8 Å². The lowest BCUT2D eigenvalue weighted by Crippen LogP contribution is -2.49. The summed E-state index contributed by atoms with van der Waals surface area (Å²) in [5.74, 6) is 0. The van der Waals surface area contributed by atoms with Crippen LogP contribution in [0.4, 0.5) is 13.2 Å². The van der Waals surface area contributed by atoms with Gasteiger partial charge in [-0.1, -0.05) is 11.6 Å². The first-order chi connectivity index (χ1) is 8.85. The van der Waals surface area contributed by atoms with Crippen molar-refractivity contribution in [2.45, 2.75) is 63.6 Å². The van der Waals surface area contributed by atoms with Crippen molar-refractivity contribution in [1.29, 1.82) is 0 Å². The van der Waals surface area contributed by atoms with Crippen molar-refractivity contribution in [3.05, 3.63) is 11.6 Å². The van der Waals surface area contributed by atoms with E-state index in [1.54, 1.807) is 0 Å². The molecular formula is C14H25F3N2. The summed E-state index contributed by atoms with van der Waals surface area (Å²) in [5, 5.41) is 3.33. The highest BCUT2D eigenvalue weighted by Gasteiger charge is 2.29. The monoisotopic (exact) mass is 278 g/mol. The largest absolute Gasteiger partial charge is 0.389 e. The maximum atomic E-state index is 12.1. The SMILES string of the molecule is CC(CN)(CCCC(F)(F)F)NCCC1=CCCC1. The molecule has 1 atom stereocenters. The van der Waals surface area contributed by atoms with E-state index in [1.807, 2.05) is 6.92 Å².